The maximum Gasteiger partial charge on any atom is 0.258 e. The van der Waals surface area contributed by atoms with Crippen LogP contribution in [0.4, 0.5) is 4.39 Å². The monoisotopic (exact) mass is 404 g/mol. The van der Waals surface area contributed by atoms with Crippen molar-refractivity contribution in [3.05, 3.63) is 64.4 Å². The van der Waals surface area contributed by atoms with Gasteiger partial charge in [0, 0.05) is 19.1 Å². The lowest BCUT2D eigenvalue weighted by Gasteiger charge is -2.32. The van der Waals surface area contributed by atoms with Gasteiger partial charge >= 0.3 is 0 Å². The molecule has 3 rings (SSSR count). The van der Waals surface area contributed by atoms with E-state index in [4.69, 9.17) is 16.3 Å². The molecule has 0 spiro atoms. The first-order chi connectivity index (χ1) is 13.5. The standard InChI is InChI=1S/C21H22ClFN2O3/c1-28-16-7-5-14(6-8-16)13-19(26)24-15-9-11-25(12-10-15)21(27)20-17(22)3-2-4-18(20)23/h2-8,15H,9-13H2,1H3,(H,24,26). The van der Waals surface area contributed by atoms with E-state index in [1.807, 2.05) is 24.3 Å². The lowest BCUT2D eigenvalue weighted by molar-refractivity contribution is -0.121. The molecule has 0 aliphatic carbocycles. The van der Waals surface area contributed by atoms with Crippen LogP contribution >= 0.6 is 11.6 Å². The summed E-state index contributed by atoms with van der Waals surface area (Å²) in [4.78, 5) is 26.4. The van der Waals surface area contributed by atoms with Gasteiger partial charge in [0.05, 0.1) is 24.1 Å². The van der Waals surface area contributed by atoms with Gasteiger partial charge in [-0.05, 0) is 42.7 Å². The Bertz CT molecular complexity index is 829. The summed E-state index contributed by atoms with van der Waals surface area (Å²) < 4.78 is 19.1. The van der Waals surface area contributed by atoms with E-state index in [2.05, 4.69) is 5.32 Å². The van der Waals surface area contributed by atoms with E-state index < -0.39 is 11.7 Å². The molecule has 0 saturated carbocycles. The molecule has 0 aromatic heterocycles. The van der Waals surface area contributed by atoms with Crippen LogP contribution in [0.15, 0.2) is 42.5 Å². The molecule has 2 amide bonds. The molecule has 0 atom stereocenters. The Labute approximate surface area is 168 Å². The van der Waals surface area contributed by atoms with Crippen LogP contribution in [0.3, 0.4) is 0 Å². The predicted octanol–water partition coefficient (Wildman–Crippen LogP) is 3.45. The highest BCUT2D eigenvalue weighted by atomic mass is 35.5. The van der Waals surface area contributed by atoms with Gasteiger partial charge in [0.15, 0.2) is 0 Å². The second-order valence-electron chi connectivity index (χ2n) is 6.76. The van der Waals surface area contributed by atoms with Crippen molar-refractivity contribution >= 4 is 23.4 Å². The summed E-state index contributed by atoms with van der Waals surface area (Å²) >= 11 is 5.98. The topological polar surface area (TPSA) is 58.6 Å². The number of methoxy groups -OCH3 is 1. The number of carbonyl (C=O) groups excluding carboxylic acids is 2. The number of hydrogen-bond donors (Lipinski definition) is 1. The zero-order valence-electron chi connectivity index (χ0n) is 15.6. The van der Waals surface area contributed by atoms with Crippen LogP contribution in [-0.4, -0.2) is 43.0 Å². The van der Waals surface area contributed by atoms with Gasteiger partial charge in [-0.1, -0.05) is 29.8 Å². The van der Waals surface area contributed by atoms with Gasteiger partial charge in [0.2, 0.25) is 5.91 Å². The highest BCUT2D eigenvalue weighted by Crippen LogP contribution is 2.23. The summed E-state index contributed by atoms with van der Waals surface area (Å²) in [5.41, 5.74) is 0.811. The lowest BCUT2D eigenvalue weighted by Crippen LogP contribution is -2.47. The van der Waals surface area contributed by atoms with Crippen LogP contribution in [-0.2, 0) is 11.2 Å². The number of hydrogen-bond acceptors (Lipinski definition) is 3. The number of rotatable bonds is 5. The van der Waals surface area contributed by atoms with Gasteiger partial charge in [0.25, 0.3) is 5.91 Å². The molecule has 1 heterocycles. The summed E-state index contributed by atoms with van der Waals surface area (Å²) in [6.45, 7) is 0.883. The Kier molecular flexibility index (Phi) is 6.52. The zero-order valence-corrected chi connectivity index (χ0v) is 16.3. The molecule has 148 valence electrons. The van der Waals surface area contributed by atoms with Crippen molar-refractivity contribution in [2.75, 3.05) is 20.2 Å². The van der Waals surface area contributed by atoms with Crippen molar-refractivity contribution < 1.29 is 18.7 Å². The minimum atomic E-state index is -0.618. The van der Waals surface area contributed by atoms with E-state index in [0.717, 1.165) is 11.3 Å². The molecule has 1 saturated heterocycles. The molecular weight excluding hydrogens is 383 g/mol. The average molecular weight is 405 g/mol. The number of nitrogens with one attached hydrogen (secondary N) is 1. The van der Waals surface area contributed by atoms with Crippen molar-refractivity contribution in [3.8, 4) is 5.75 Å². The molecule has 28 heavy (non-hydrogen) atoms. The summed E-state index contributed by atoms with van der Waals surface area (Å²) in [5, 5.41) is 3.12. The van der Waals surface area contributed by atoms with Crippen molar-refractivity contribution in [1.82, 2.24) is 10.2 Å². The van der Waals surface area contributed by atoms with Crippen molar-refractivity contribution in [2.45, 2.75) is 25.3 Å². The van der Waals surface area contributed by atoms with Crippen LogP contribution in [0.2, 0.25) is 5.02 Å². The third-order valence-corrected chi connectivity index (χ3v) is 5.16. The number of benzene rings is 2. The minimum Gasteiger partial charge on any atom is -0.497 e. The Morgan fingerprint density at radius 2 is 1.86 bits per heavy atom. The molecule has 5 nitrogen and oxygen atoms in total. The van der Waals surface area contributed by atoms with Gasteiger partial charge in [-0.25, -0.2) is 4.39 Å². The molecule has 7 heteroatoms. The van der Waals surface area contributed by atoms with Crippen LogP contribution in [0.5, 0.6) is 5.75 Å². The van der Waals surface area contributed by atoms with Gasteiger partial charge in [-0.3, -0.25) is 9.59 Å². The molecule has 2 aromatic carbocycles. The Hall–Kier alpha value is -2.60. The fourth-order valence-electron chi connectivity index (χ4n) is 3.29. The van der Waals surface area contributed by atoms with Crippen molar-refractivity contribution in [2.24, 2.45) is 0 Å². The highest BCUT2D eigenvalue weighted by Gasteiger charge is 2.27. The molecule has 0 radical (unpaired) electrons. The van der Waals surface area contributed by atoms with Gasteiger partial charge in [-0.2, -0.15) is 0 Å². The fourth-order valence-corrected chi connectivity index (χ4v) is 3.54. The van der Waals surface area contributed by atoms with Crippen molar-refractivity contribution in [1.29, 1.82) is 0 Å². The Balaban J connectivity index is 1.51. The summed E-state index contributed by atoms with van der Waals surface area (Å²) in [6.07, 6.45) is 1.52. The largest absolute Gasteiger partial charge is 0.497 e. The number of ether oxygens (including phenoxy) is 1. The minimum absolute atomic E-state index is 0.00843. The van der Waals surface area contributed by atoms with E-state index in [1.54, 1.807) is 12.0 Å². The third kappa shape index (κ3) is 4.81. The van der Waals surface area contributed by atoms with E-state index in [-0.39, 0.29) is 29.0 Å². The first-order valence-corrected chi connectivity index (χ1v) is 9.51. The first kappa shape index (κ1) is 20.1. The zero-order chi connectivity index (χ0) is 20.1. The van der Waals surface area contributed by atoms with Gasteiger partial charge in [0.1, 0.15) is 11.6 Å². The van der Waals surface area contributed by atoms with Crippen LogP contribution in [0.1, 0.15) is 28.8 Å². The Morgan fingerprint density at radius 1 is 1.18 bits per heavy atom. The van der Waals surface area contributed by atoms with Crippen LogP contribution in [0.25, 0.3) is 0 Å². The second kappa shape index (κ2) is 9.06. The third-order valence-electron chi connectivity index (χ3n) is 4.85. The first-order valence-electron chi connectivity index (χ1n) is 9.13. The molecule has 1 N–H and O–H groups in total. The maximum absolute atomic E-state index is 14.0. The molecule has 1 fully saturated rings. The highest BCUT2D eigenvalue weighted by molar-refractivity contribution is 6.33. The lowest BCUT2D eigenvalue weighted by atomic mass is 10.0. The molecule has 0 bridgehead atoms. The molecule has 1 aliphatic heterocycles. The predicted molar refractivity (Wildman–Crippen MR) is 105 cm³/mol. The number of amides is 2. The second-order valence-corrected chi connectivity index (χ2v) is 7.16. The molecular formula is C21H22ClFN2O3. The molecule has 0 unspecified atom stereocenters. The van der Waals surface area contributed by atoms with Crippen LogP contribution < -0.4 is 10.1 Å². The normalized spacial score (nSPS) is 14.6. The summed E-state index contributed by atoms with van der Waals surface area (Å²) in [6, 6.07) is 11.6. The number of halogens is 2. The Morgan fingerprint density at radius 3 is 2.46 bits per heavy atom. The molecule has 2 aromatic rings. The van der Waals surface area contributed by atoms with E-state index in [0.29, 0.717) is 25.9 Å². The smallest absolute Gasteiger partial charge is 0.258 e. The summed E-state index contributed by atoms with van der Waals surface area (Å²) in [5.74, 6) is -0.346. The average Bonchev–Trinajstić information content (AvgIpc) is 2.69. The SMILES string of the molecule is COc1ccc(CC(=O)NC2CCN(C(=O)c3c(F)cccc3Cl)CC2)cc1. The van der Waals surface area contributed by atoms with E-state index in [1.165, 1.54) is 18.2 Å². The summed E-state index contributed by atoms with van der Waals surface area (Å²) in [7, 11) is 1.60. The number of piperidine rings is 1. The fraction of sp³-hybridized carbons (Fsp3) is 0.333. The number of carbonyl (C=O) groups is 2. The van der Waals surface area contributed by atoms with Crippen molar-refractivity contribution in [3.63, 3.8) is 0 Å². The van der Waals surface area contributed by atoms with Gasteiger partial charge < -0.3 is 15.0 Å². The van der Waals surface area contributed by atoms with Gasteiger partial charge in [-0.15, -0.1) is 0 Å². The molecule has 1 aliphatic rings. The van der Waals surface area contributed by atoms with Crippen LogP contribution in [0, 0.1) is 5.82 Å². The van der Waals surface area contributed by atoms with E-state index >= 15 is 0 Å². The number of likely N-dealkylation sites (tertiary alicyclic amines) is 1. The quantitative estimate of drug-likeness (QED) is 0.830. The van der Waals surface area contributed by atoms with E-state index in [9.17, 15) is 14.0 Å². The maximum atomic E-state index is 14.0. The number of nitrogens with zero attached hydrogens (tertiary/aromatic N) is 1.